The lowest BCUT2D eigenvalue weighted by Gasteiger charge is -2.27. The van der Waals surface area contributed by atoms with Gasteiger partial charge in [0.1, 0.15) is 0 Å². The summed E-state index contributed by atoms with van der Waals surface area (Å²) in [5.41, 5.74) is 1.06. The molecule has 73 valence electrons. The Morgan fingerprint density at radius 2 is 2.07 bits per heavy atom. The molecule has 1 fully saturated rings. The van der Waals surface area contributed by atoms with Crippen LogP contribution in [0.15, 0.2) is 30.3 Å². The molecule has 1 saturated heterocycles. The van der Waals surface area contributed by atoms with E-state index >= 15 is 0 Å². The molecule has 0 bridgehead atoms. The molecule has 1 atom stereocenters. The fraction of sp³-hybridized carbons (Fsp3) is 0.417. The first-order valence-electron chi connectivity index (χ1n) is 4.90. The van der Waals surface area contributed by atoms with Crippen molar-refractivity contribution in [3.8, 4) is 0 Å². The molecular weight excluding hydrogens is 176 g/mol. The van der Waals surface area contributed by atoms with E-state index in [0.717, 1.165) is 25.2 Å². The molecule has 1 aromatic carbocycles. The zero-order valence-corrected chi connectivity index (χ0v) is 7.98. The van der Waals surface area contributed by atoms with E-state index in [1.165, 1.54) is 0 Å². The molecule has 1 aromatic rings. The van der Waals surface area contributed by atoms with Crippen LogP contribution in [0.1, 0.15) is 17.9 Å². The lowest BCUT2D eigenvalue weighted by molar-refractivity contribution is -0.0363. The second kappa shape index (κ2) is 4.38. The summed E-state index contributed by atoms with van der Waals surface area (Å²) in [7, 11) is 0. The summed E-state index contributed by atoms with van der Waals surface area (Å²) in [6.07, 6.45) is 2.98. The molecule has 0 aromatic heterocycles. The molecule has 1 unspecified atom stereocenters. The maximum absolute atomic E-state index is 10.8. The highest BCUT2D eigenvalue weighted by molar-refractivity contribution is 5.62. The van der Waals surface area contributed by atoms with Crippen LogP contribution in [0.4, 0.5) is 0 Å². The van der Waals surface area contributed by atoms with Crippen molar-refractivity contribution in [1.82, 2.24) is 0 Å². The van der Waals surface area contributed by atoms with Gasteiger partial charge in [0.25, 0.3) is 0 Å². The molecule has 1 heterocycles. The van der Waals surface area contributed by atoms with Gasteiger partial charge in [0.05, 0.1) is 19.1 Å². The number of hydrogen-bond acceptors (Lipinski definition) is 2. The van der Waals surface area contributed by atoms with E-state index in [1.807, 2.05) is 30.3 Å². The fourth-order valence-corrected chi connectivity index (χ4v) is 1.69. The monoisotopic (exact) mass is 189 g/mol. The summed E-state index contributed by atoms with van der Waals surface area (Å²) < 4.78 is 5.09. The lowest BCUT2D eigenvalue weighted by atomic mass is 9.89. The second-order valence-electron chi connectivity index (χ2n) is 3.72. The highest BCUT2D eigenvalue weighted by Gasteiger charge is 2.23. The standard InChI is InChI=1S/C12H13O2/c13-7-12(6-10-8-14-9-10)11-4-2-1-3-5-11/h1-5,10,12H,6,8-9H2. The van der Waals surface area contributed by atoms with Crippen molar-refractivity contribution in [2.45, 2.75) is 12.3 Å². The molecule has 0 spiro atoms. The number of benzene rings is 1. The Hall–Kier alpha value is -1.15. The summed E-state index contributed by atoms with van der Waals surface area (Å²) in [5, 5.41) is 0. The summed E-state index contributed by atoms with van der Waals surface area (Å²) >= 11 is 0. The minimum atomic E-state index is -0.0786. The van der Waals surface area contributed by atoms with Crippen LogP contribution in [0.3, 0.4) is 0 Å². The smallest absolute Gasteiger partial charge is 0.206 e. The molecule has 0 aliphatic carbocycles. The van der Waals surface area contributed by atoms with E-state index in [0.29, 0.717) is 5.92 Å². The van der Waals surface area contributed by atoms with Crippen molar-refractivity contribution in [2.24, 2.45) is 5.92 Å². The van der Waals surface area contributed by atoms with Crippen LogP contribution >= 0.6 is 0 Å². The third-order valence-electron chi connectivity index (χ3n) is 2.62. The first kappa shape index (κ1) is 9.41. The van der Waals surface area contributed by atoms with Gasteiger partial charge in [-0.15, -0.1) is 0 Å². The first-order chi connectivity index (χ1) is 6.90. The Morgan fingerprint density at radius 1 is 1.36 bits per heavy atom. The molecule has 2 nitrogen and oxygen atoms in total. The van der Waals surface area contributed by atoms with E-state index in [2.05, 4.69) is 6.29 Å². The van der Waals surface area contributed by atoms with Gasteiger partial charge >= 0.3 is 0 Å². The summed E-state index contributed by atoms with van der Waals surface area (Å²) in [5.74, 6) is 0.465. The number of carbonyl (C=O) groups excluding carboxylic acids is 1. The zero-order valence-electron chi connectivity index (χ0n) is 7.98. The van der Waals surface area contributed by atoms with Crippen LogP contribution in [-0.2, 0) is 9.53 Å². The molecule has 0 amide bonds. The van der Waals surface area contributed by atoms with Crippen molar-refractivity contribution in [3.63, 3.8) is 0 Å². The molecular formula is C12H13O2. The Morgan fingerprint density at radius 3 is 2.57 bits per heavy atom. The Bertz CT molecular complexity index is 290. The van der Waals surface area contributed by atoms with Crippen LogP contribution in [0.25, 0.3) is 0 Å². The molecule has 1 aliphatic rings. The van der Waals surface area contributed by atoms with Gasteiger partial charge in [0, 0.05) is 5.92 Å². The first-order valence-corrected chi connectivity index (χ1v) is 4.90. The van der Waals surface area contributed by atoms with Crippen LogP contribution in [0, 0.1) is 5.92 Å². The van der Waals surface area contributed by atoms with Crippen molar-refractivity contribution in [3.05, 3.63) is 35.9 Å². The van der Waals surface area contributed by atoms with Crippen LogP contribution in [-0.4, -0.2) is 19.5 Å². The van der Waals surface area contributed by atoms with E-state index in [4.69, 9.17) is 4.74 Å². The molecule has 1 radical (unpaired) electrons. The van der Waals surface area contributed by atoms with E-state index in [1.54, 1.807) is 0 Å². The van der Waals surface area contributed by atoms with Crippen molar-refractivity contribution < 1.29 is 9.53 Å². The van der Waals surface area contributed by atoms with Crippen LogP contribution in [0.5, 0.6) is 0 Å². The highest BCUT2D eigenvalue weighted by atomic mass is 16.5. The van der Waals surface area contributed by atoms with Gasteiger partial charge in [-0.05, 0) is 12.0 Å². The molecule has 2 heteroatoms. The Balaban J connectivity index is 2.01. The maximum Gasteiger partial charge on any atom is 0.206 e. The van der Waals surface area contributed by atoms with Crippen LogP contribution in [0.2, 0.25) is 0 Å². The second-order valence-corrected chi connectivity index (χ2v) is 3.72. The fourth-order valence-electron chi connectivity index (χ4n) is 1.69. The topological polar surface area (TPSA) is 26.3 Å². The lowest BCUT2D eigenvalue weighted by Crippen LogP contribution is -2.29. The normalized spacial score (nSPS) is 18.6. The largest absolute Gasteiger partial charge is 0.381 e. The van der Waals surface area contributed by atoms with Crippen molar-refractivity contribution in [1.29, 1.82) is 0 Å². The average molecular weight is 189 g/mol. The number of ether oxygens (including phenoxy) is 1. The van der Waals surface area contributed by atoms with Gasteiger partial charge in [-0.2, -0.15) is 0 Å². The van der Waals surface area contributed by atoms with E-state index < -0.39 is 0 Å². The molecule has 0 N–H and O–H groups in total. The van der Waals surface area contributed by atoms with Gasteiger partial charge in [-0.1, -0.05) is 30.3 Å². The van der Waals surface area contributed by atoms with E-state index in [-0.39, 0.29) is 5.92 Å². The van der Waals surface area contributed by atoms with E-state index in [9.17, 15) is 4.79 Å². The molecule has 2 rings (SSSR count). The van der Waals surface area contributed by atoms with Crippen molar-refractivity contribution in [2.75, 3.05) is 13.2 Å². The van der Waals surface area contributed by atoms with Gasteiger partial charge in [-0.25, -0.2) is 0 Å². The SMILES string of the molecule is O=[C]C(CC1COC1)c1ccccc1. The molecule has 14 heavy (non-hydrogen) atoms. The highest BCUT2D eigenvalue weighted by Crippen LogP contribution is 2.25. The van der Waals surface area contributed by atoms with Gasteiger partial charge in [0.2, 0.25) is 6.29 Å². The van der Waals surface area contributed by atoms with Gasteiger partial charge in [0.15, 0.2) is 0 Å². The zero-order chi connectivity index (χ0) is 9.80. The van der Waals surface area contributed by atoms with Gasteiger partial charge in [-0.3, -0.25) is 4.79 Å². The van der Waals surface area contributed by atoms with Crippen molar-refractivity contribution >= 4 is 6.29 Å². The minimum absolute atomic E-state index is 0.0786. The Kier molecular flexibility index (Phi) is 2.94. The molecule has 0 saturated carbocycles. The minimum Gasteiger partial charge on any atom is -0.381 e. The Labute approximate surface area is 83.9 Å². The van der Waals surface area contributed by atoms with Crippen LogP contribution < -0.4 is 0 Å². The third-order valence-corrected chi connectivity index (χ3v) is 2.62. The number of hydrogen-bond donors (Lipinski definition) is 0. The maximum atomic E-state index is 10.8. The average Bonchev–Trinajstić information content (AvgIpc) is 2.18. The summed E-state index contributed by atoms with van der Waals surface area (Å²) in [6, 6.07) is 9.83. The third kappa shape index (κ3) is 2.02. The van der Waals surface area contributed by atoms with Gasteiger partial charge < -0.3 is 4.74 Å². The summed E-state index contributed by atoms with van der Waals surface area (Å²) in [4.78, 5) is 10.8. The summed E-state index contributed by atoms with van der Waals surface area (Å²) in [6.45, 7) is 1.59. The predicted octanol–water partition coefficient (Wildman–Crippen LogP) is 1.92. The quantitative estimate of drug-likeness (QED) is 0.723. The molecule has 1 aliphatic heterocycles. The predicted molar refractivity (Wildman–Crippen MR) is 53.8 cm³/mol. The number of rotatable bonds is 4.